The van der Waals surface area contributed by atoms with Gasteiger partial charge in [0.25, 0.3) is 0 Å². The second-order valence-electron chi connectivity index (χ2n) is 7.11. The molecule has 0 saturated heterocycles. The van der Waals surface area contributed by atoms with Crippen LogP contribution in [-0.4, -0.2) is 24.4 Å². The summed E-state index contributed by atoms with van der Waals surface area (Å²) < 4.78 is 25.6. The van der Waals surface area contributed by atoms with E-state index in [9.17, 15) is 13.2 Å². The summed E-state index contributed by atoms with van der Waals surface area (Å²) in [5, 5.41) is 0.922. The van der Waals surface area contributed by atoms with E-state index in [1.165, 1.54) is 10.2 Å². The van der Waals surface area contributed by atoms with E-state index in [2.05, 4.69) is 6.92 Å². The van der Waals surface area contributed by atoms with Gasteiger partial charge in [0.05, 0.1) is 11.8 Å². The molecule has 0 amide bonds. The summed E-state index contributed by atoms with van der Waals surface area (Å²) in [5.41, 5.74) is 3.16. The van der Waals surface area contributed by atoms with Crippen LogP contribution in [0.3, 0.4) is 0 Å². The lowest BCUT2D eigenvalue weighted by molar-refractivity contribution is 0.0976. The number of Topliss-reactive ketones (excluding diaryl/α,β-unsaturated/α-hetero) is 1. The minimum atomic E-state index is -3.38. The Morgan fingerprint density at radius 3 is 2.52 bits per heavy atom. The first-order chi connectivity index (χ1) is 11.8. The molecule has 128 valence electrons. The van der Waals surface area contributed by atoms with Crippen molar-refractivity contribution < 1.29 is 13.2 Å². The van der Waals surface area contributed by atoms with Gasteiger partial charge in [0.2, 0.25) is 10.0 Å². The van der Waals surface area contributed by atoms with Gasteiger partial charge in [-0.15, -0.1) is 0 Å². The van der Waals surface area contributed by atoms with Crippen molar-refractivity contribution in [3.63, 3.8) is 0 Å². The van der Waals surface area contributed by atoms with Crippen LogP contribution in [0.2, 0.25) is 0 Å². The summed E-state index contributed by atoms with van der Waals surface area (Å²) in [7, 11) is -3.38. The van der Waals surface area contributed by atoms with Gasteiger partial charge in [-0.05, 0) is 23.6 Å². The minimum Gasteiger partial charge on any atom is -0.294 e. The Morgan fingerprint density at radius 1 is 1.08 bits per heavy atom. The average Bonchev–Trinajstić information content (AvgIpc) is 3.05. The molecule has 4 rings (SSSR count). The van der Waals surface area contributed by atoms with E-state index in [-0.39, 0.29) is 11.2 Å². The van der Waals surface area contributed by atoms with E-state index in [0.717, 1.165) is 22.1 Å². The number of carbonyl (C=O) groups is 1. The van der Waals surface area contributed by atoms with Crippen LogP contribution in [0.5, 0.6) is 0 Å². The molecule has 1 atom stereocenters. The fourth-order valence-electron chi connectivity index (χ4n) is 4.01. The number of aromatic nitrogens is 1. The van der Waals surface area contributed by atoms with Crippen LogP contribution in [0.15, 0.2) is 54.7 Å². The normalized spacial score (nSPS) is 20.2. The Kier molecular flexibility index (Phi) is 3.41. The number of benzene rings is 2. The van der Waals surface area contributed by atoms with Crippen LogP contribution in [0.4, 0.5) is 0 Å². The predicted octanol–water partition coefficient (Wildman–Crippen LogP) is 3.54. The Balaban J connectivity index is 1.87. The fourth-order valence-corrected chi connectivity index (χ4v) is 4.84. The maximum atomic E-state index is 12.4. The van der Waals surface area contributed by atoms with Gasteiger partial charge in [0.15, 0.2) is 5.78 Å². The van der Waals surface area contributed by atoms with Crippen molar-refractivity contribution in [3.8, 4) is 0 Å². The zero-order valence-electron chi connectivity index (χ0n) is 14.2. The molecule has 2 aromatic carbocycles. The fraction of sp³-hybridized carbons (Fsp3) is 0.250. The van der Waals surface area contributed by atoms with Gasteiger partial charge in [-0.2, -0.15) is 0 Å². The molecule has 0 N–H and O–H groups in total. The number of para-hydroxylation sites is 1. The summed E-state index contributed by atoms with van der Waals surface area (Å²) in [5.74, 6) is 0.157. The third-order valence-electron chi connectivity index (χ3n) is 5.13. The lowest BCUT2D eigenvalue weighted by Gasteiger charge is -2.24. The molecule has 25 heavy (non-hydrogen) atoms. The minimum absolute atomic E-state index is 0.157. The first-order valence-electron chi connectivity index (χ1n) is 8.22. The van der Waals surface area contributed by atoms with Crippen LogP contribution in [-0.2, 0) is 21.9 Å². The smallest absolute Gasteiger partial charge is 0.236 e. The molecule has 5 heteroatoms. The third-order valence-corrected chi connectivity index (χ3v) is 6.14. The number of fused-ring (bicyclic) bond motifs is 2. The molecule has 0 spiro atoms. The second kappa shape index (κ2) is 5.30. The van der Waals surface area contributed by atoms with Crippen LogP contribution >= 0.6 is 0 Å². The highest BCUT2D eigenvalue weighted by molar-refractivity contribution is 7.89. The lowest BCUT2D eigenvalue weighted by atomic mass is 9.78. The molecule has 0 unspecified atom stereocenters. The molecule has 1 heterocycles. The number of hydrogen-bond acceptors (Lipinski definition) is 3. The van der Waals surface area contributed by atoms with E-state index in [4.69, 9.17) is 0 Å². The largest absolute Gasteiger partial charge is 0.294 e. The standard InChI is InChI=1S/C20H19NO3S/c1-20(12-19(22)16-8-3-5-9-17(16)20)11-14-13-21(25(2,23)24)18-10-6-4-7-15(14)18/h3-10,13H,11-12H2,1-2H3/t20-/m0/s1. The van der Waals surface area contributed by atoms with Gasteiger partial charge in [-0.3, -0.25) is 4.79 Å². The molecule has 0 saturated carbocycles. The van der Waals surface area contributed by atoms with Crippen LogP contribution in [0, 0.1) is 0 Å². The third kappa shape index (κ3) is 2.50. The van der Waals surface area contributed by atoms with E-state index >= 15 is 0 Å². The number of ketones is 1. The van der Waals surface area contributed by atoms with Crippen LogP contribution < -0.4 is 0 Å². The van der Waals surface area contributed by atoms with Gasteiger partial charge < -0.3 is 0 Å². The Morgan fingerprint density at radius 2 is 1.76 bits per heavy atom. The summed E-state index contributed by atoms with van der Waals surface area (Å²) in [6, 6.07) is 15.2. The molecule has 0 bridgehead atoms. The zero-order chi connectivity index (χ0) is 17.8. The van der Waals surface area contributed by atoms with Crippen molar-refractivity contribution in [2.24, 2.45) is 0 Å². The molecule has 0 fully saturated rings. The summed E-state index contributed by atoms with van der Waals surface area (Å²) in [4.78, 5) is 12.4. The Bertz CT molecular complexity index is 1110. The monoisotopic (exact) mass is 353 g/mol. The van der Waals surface area contributed by atoms with Crippen molar-refractivity contribution >= 4 is 26.7 Å². The van der Waals surface area contributed by atoms with Gasteiger partial charge >= 0.3 is 0 Å². The molecule has 4 nitrogen and oxygen atoms in total. The van der Waals surface area contributed by atoms with Crippen molar-refractivity contribution in [2.75, 3.05) is 6.26 Å². The Labute approximate surface area is 147 Å². The molecular weight excluding hydrogens is 334 g/mol. The average molecular weight is 353 g/mol. The van der Waals surface area contributed by atoms with Crippen molar-refractivity contribution in [2.45, 2.75) is 25.2 Å². The van der Waals surface area contributed by atoms with Crippen molar-refractivity contribution in [1.29, 1.82) is 0 Å². The summed E-state index contributed by atoms with van der Waals surface area (Å²) in [6.45, 7) is 2.09. The summed E-state index contributed by atoms with van der Waals surface area (Å²) in [6.07, 6.45) is 3.99. The van der Waals surface area contributed by atoms with Gasteiger partial charge in [0.1, 0.15) is 0 Å². The SMILES string of the molecule is C[C@]1(Cc2cn(S(C)(=O)=O)c3ccccc23)CC(=O)c2ccccc21. The lowest BCUT2D eigenvalue weighted by Crippen LogP contribution is -2.22. The van der Waals surface area contributed by atoms with Crippen molar-refractivity contribution in [3.05, 3.63) is 71.4 Å². The molecule has 0 radical (unpaired) electrons. The highest BCUT2D eigenvalue weighted by Crippen LogP contribution is 2.42. The van der Waals surface area contributed by atoms with Crippen molar-refractivity contribution in [1.82, 2.24) is 3.97 Å². The number of nitrogens with zero attached hydrogens (tertiary/aromatic N) is 1. The van der Waals surface area contributed by atoms with E-state index < -0.39 is 10.0 Å². The highest BCUT2D eigenvalue weighted by atomic mass is 32.2. The zero-order valence-corrected chi connectivity index (χ0v) is 15.0. The van der Waals surface area contributed by atoms with Gasteiger partial charge in [0, 0.05) is 29.0 Å². The number of rotatable bonds is 3. The maximum absolute atomic E-state index is 12.4. The first-order valence-corrected chi connectivity index (χ1v) is 10.1. The molecule has 3 aromatic rings. The molecule has 1 aromatic heterocycles. The van der Waals surface area contributed by atoms with Gasteiger partial charge in [-0.1, -0.05) is 49.4 Å². The van der Waals surface area contributed by atoms with Crippen LogP contribution in [0.1, 0.15) is 34.8 Å². The Hall–Kier alpha value is -2.40. The maximum Gasteiger partial charge on any atom is 0.236 e. The number of carbonyl (C=O) groups excluding carboxylic acids is 1. The molecule has 1 aliphatic rings. The first kappa shape index (κ1) is 16.1. The quantitative estimate of drug-likeness (QED) is 0.724. The molecule has 1 aliphatic carbocycles. The van der Waals surface area contributed by atoms with Crippen LogP contribution in [0.25, 0.3) is 10.9 Å². The topological polar surface area (TPSA) is 56.1 Å². The number of hydrogen-bond donors (Lipinski definition) is 0. The molecular formula is C20H19NO3S. The van der Waals surface area contributed by atoms with Gasteiger partial charge in [-0.25, -0.2) is 12.4 Å². The second-order valence-corrected chi connectivity index (χ2v) is 8.97. The highest BCUT2D eigenvalue weighted by Gasteiger charge is 2.39. The predicted molar refractivity (Wildman–Crippen MR) is 98.6 cm³/mol. The summed E-state index contributed by atoms with van der Waals surface area (Å²) >= 11 is 0. The van der Waals surface area contributed by atoms with E-state index in [1.54, 1.807) is 6.20 Å². The van der Waals surface area contributed by atoms with E-state index in [1.807, 2.05) is 48.5 Å². The van der Waals surface area contributed by atoms with E-state index in [0.29, 0.717) is 18.4 Å². The molecule has 0 aliphatic heterocycles.